The first kappa shape index (κ1) is 21.0. The summed E-state index contributed by atoms with van der Waals surface area (Å²) in [6, 6.07) is 0.639. The van der Waals surface area contributed by atoms with E-state index in [0.717, 1.165) is 64.5 Å². The highest BCUT2D eigenvalue weighted by molar-refractivity contribution is 14.0. The van der Waals surface area contributed by atoms with Crippen LogP contribution in [0.5, 0.6) is 0 Å². The minimum Gasteiger partial charge on any atom is -0.392 e. The summed E-state index contributed by atoms with van der Waals surface area (Å²) in [5, 5.41) is 13.9. The quantitative estimate of drug-likeness (QED) is 0.292. The van der Waals surface area contributed by atoms with Gasteiger partial charge in [0.2, 0.25) is 0 Å². The summed E-state index contributed by atoms with van der Waals surface area (Å²) in [7, 11) is 0. The van der Waals surface area contributed by atoms with E-state index < -0.39 is 0 Å². The first-order valence-corrected chi connectivity index (χ1v) is 9.73. The van der Waals surface area contributed by atoms with Gasteiger partial charge < -0.3 is 15.3 Å². The van der Waals surface area contributed by atoms with Crippen LogP contribution in [0.4, 0.5) is 0 Å². The number of aliphatic hydroxyl groups is 1. The highest BCUT2D eigenvalue weighted by Gasteiger charge is 2.36. The first-order valence-electron chi connectivity index (χ1n) is 9.73. The molecule has 25 heavy (non-hydrogen) atoms. The number of halogens is 1. The second-order valence-corrected chi connectivity index (χ2v) is 7.90. The average molecular weight is 462 g/mol. The minimum absolute atomic E-state index is 0. The monoisotopic (exact) mass is 462 g/mol. The number of hydrogen-bond donors (Lipinski definition) is 2. The van der Waals surface area contributed by atoms with Crippen molar-refractivity contribution in [3.05, 3.63) is 12.2 Å². The van der Waals surface area contributed by atoms with E-state index in [0.29, 0.717) is 6.04 Å². The van der Waals surface area contributed by atoms with Crippen LogP contribution in [0.2, 0.25) is 0 Å². The molecule has 0 bridgehead atoms. The number of nitrogens with zero attached hydrogens (tertiary/aromatic N) is 3. The third kappa shape index (κ3) is 5.10. The molecule has 2 heterocycles. The Morgan fingerprint density at radius 1 is 1.28 bits per heavy atom. The summed E-state index contributed by atoms with van der Waals surface area (Å²) in [5.74, 6) is 1.03. The number of aliphatic hydroxyl groups excluding tert-OH is 1. The number of likely N-dealkylation sites (tertiary alicyclic amines) is 1. The van der Waals surface area contributed by atoms with Gasteiger partial charge in [0.05, 0.1) is 12.6 Å². The van der Waals surface area contributed by atoms with E-state index >= 15 is 0 Å². The standard InChI is InChI=1S/C19H34N4O.HI/c1-3-20-18(21-15-19(2)10-5-4-8-17(19)24)23-13-9-16(14-23)22-11-6-7-12-22;/h6-7,16-17,24H,3-5,8-15H2,1-2H3,(H,20,21);1H. The lowest BCUT2D eigenvalue weighted by molar-refractivity contribution is 0.00705. The van der Waals surface area contributed by atoms with Crippen LogP contribution < -0.4 is 5.32 Å². The molecular weight excluding hydrogens is 427 g/mol. The molecule has 1 saturated heterocycles. The molecule has 5 nitrogen and oxygen atoms in total. The van der Waals surface area contributed by atoms with E-state index in [-0.39, 0.29) is 35.5 Å². The zero-order valence-corrected chi connectivity index (χ0v) is 18.1. The fourth-order valence-electron chi connectivity index (χ4n) is 4.27. The molecule has 6 heteroatoms. The van der Waals surface area contributed by atoms with Crippen LogP contribution in [0.3, 0.4) is 0 Å². The highest BCUT2D eigenvalue weighted by atomic mass is 127. The molecule has 2 N–H and O–H groups in total. The molecule has 0 aromatic heterocycles. The summed E-state index contributed by atoms with van der Waals surface area (Å²) in [4.78, 5) is 9.90. The Labute approximate surface area is 170 Å². The van der Waals surface area contributed by atoms with Gasteiger partial charge in [-0.1, -0.05) is 31.9 Å². The molecular formula is C19H35IN4O. The maximum Gasteiger partial charge on any atom is 0.193 e. The van der Waals surface area contributed by atoms with Crippen molar-refractivity contribution in [2.24, 2.45) is 10.4 Å². The van der Waals surface area contributed by atoms with Gasteiger partial charge in [0.25, 0.3) is 0 Å². The van der Waals surface area contributed by atoms with Crippen LogP contribution in [0.25, 0.3) is 0 Å². The van der Waals surface area contributed by atoms with Crippen molar-refractivity contribution in [2.45, 2.75) is 58.1 Å². The molecule has 2 fully saturated rings. The van der Waals surface area contributed by atoms with Gasteiger partial charge in [-0.05, 0) is 26.2 Å². The van der Waals surface area contributed by atoms with E-state index in [4.69, 9.17) is 4.99 Å². The SMILES string of the molecule is CCNC(=NCC1(C)CCCCC1O)N1CCC(N2CC=CC2)C1.I. The van der Waals surface area contributed by atoms with Gasteiger partial charge in [-0.25, -0.2) is 0 Å². The third-order valence-electron chi connectivity index (χ3n) is 6.03. The molecule has 3 unspecified atom stereocenters. The van der Waals surface area contributed by atoms with E-state index in [9.17, 15) is 5.11 Å². The van der Waals surface area contributed by atoms with Crippen LogP contribution in [0.1, 0.15) is 46.0 Å². The molecule has 0 spiro atoms. The molecule has 0 aromatic rings. The van der Waals surface area contributed by atoms with Crippen LogP contribution in [0.15, 0.2) is 17.1 Å². The van der Waals surface area contributed by atoms with Crippen molar-refractivity contribution in [2.75, 3.05) is 39.3 Å². The molecule has 144 valence electrons. The first-order chi connectivity index (χ1) is 11.6. The van der Waals surface area contributed by atoms with Crippen molar-refractivity contribution < 1.29 is 5.11 Å². The number of rotatable bonds is 4. The Morgan fingerprint density at radius 3 is 2.72 bits per heavy atom. The van der Waals surface area contributed by atoms with Crippen molar-refractivity contribution in [1.29, 1.82) is 0 Å². The lowest BCUT2D eigenvalue weighted by Gasteiger charge is -2.37. The van der Waals surface area contributed by atoms with Gasteiger partial charge in [0, 0.05) is 44.2 Å². The summed E-state index contributed by atoms with van der Waals surface area (Å²) < 4.78 is 0. The Balaban J connectivity index is 0.00000225. The maximum absolute atomic E-state index is 10.4. The van der Waals surface area contributed by atoms with E-state index in [1.165, 1.54) is 12.8 Å². The van der Waals surface area contributed by atoms with Crippen LogP contribution in [-0.2, 0) is 0 Å². The fourth-order valence-corrected chi connectivity index (χ4v) is 4.27. The lowest BCUT2D eigenvalue weighted by atomic mass is 9.73. The van der Waals surface area contributed by atoms with Crippen molar-refractivity contribution in [3.8, 4) is 0 Å². The number of nitrogens with one attached hydrogen (secondary N) is 1. The Bertz CT molecular complexity index is 476. The molecule has 1 saturated carbocycles. The number of guanidine groups is 1. The van der Waals surface area contributed by atoms with Gasteiger partial charge in [0.1, 0.15) is 0 Å². The molecule has 2 aliphatic heterocycles. The van der Waals surface area contributed by atoms with Gasteiger partial charge in [0.15, 0.2) is 5.96 Å². The van der Waals surface area contributed by atoms with Crippen LogP contribution in [0, 0.1) is 5.41 Å². The second-order valence-electron chi connectivity index (χ2n) is 7.90. The Kier molecular flexibility index (Phi) is 8.01. The largest absolute Gasteiger partial charge is 0.392 e. The average Bonchev–Trinajstić information content (AvgIpc) is 3.25. The fraction of sp³-hybridized carbons (Fsp3) is 0.842. The summed E-state index contributed by atoms with van der Waals surface area (Å²) >= 11 is 0. The zero-order valence-electron chi connectivity index (χ0n) is 15.8. The zero-order chi connectivity index (χ0) is 17.0. The van der Waals surface area contributed by atoms with Gasteiger partial charge in [-0.15, -0.1) is 24.0 Å². The maximum atomic E-state index is 10.4. The molecule has 1 aliphatic carbocycles. The Morgan fingerprint density at radius 2 is 2.04 bits per heavy atom. The number of aliphatic imine (C=N–C) groups is 1. The predicted octanol–water partition coefficient (Wildman–Crippen LogP) is 2.46. The van der Waals surface area contributed by atoms with Crippen LogP contribution in [-0.4, -0.2) is 72.3 Å². The topological polar surface area (TPSA) is 51.1 Å². The van der Waals surface area contributed by atoms with Crippen LogP contribution >= 0.6 is 24.0 Å². The third-order valence-corrected chi connectivity index (χ3v) is 6.03. The van der Waals surface area contributed by atoms with E-state index in [1.54, 1.807) is 0 Å². The number of hydrogen-bond acceptors (Lipinski definition) is 3. The summed E-state index contributed by atoms with van der Waals surface area (Å²) in [5.41, 5.74) is -0.0586. The van der Waals surface area contributed by atoms with Gasteiger partial charge >= 0.3 is 0 Å². The van der Waals surface area contributed by atoms with Gasteiger partial charge in [-0.3, -0.25) is 9.89 Å². The minimum atomic E-state index is -0.208. The molecule has 3 aliphatic rings. The van der Waals surface area contributed by atoms with Crippen molar-refractivity contribution >= 4 is 29.9 Å². The molecule has 0 aromatic carbocycles. The Hall–Kier alpha value is -0.340. The summed E-state index contributed by atoms with van der Waals surface area (Å²) in [6.07, 6.45) is 9.92. The van der Waals surface area contributed by atoms with E-state index in [1.807, 2.05) is 0 Å². The molecule has 0 amide bonds. The predicted molar refractivity (Wildman–Crippen MR) is 115 cm³/mol. The van der Waals surface area contributed by atoms with Crippen molar-refractivity contribution in [3.63, 3.8) is 0 Å². The van der Waals surface area contributed by atoms with Crippen molar-refractivity contribution in [1.82, 2.24) is 15.1 Å². The van der Waals surface area contributed by atoms with E-state index in [2.05, 4.69) is 41.1 Å². The molecule has 0 radical (unpaired) electrons. The summed E-state index contributed by atoms with van der Waals surface area (Å²) in [6.45, 7) is 10.3. The highest BCUT2D eigenvalue weighted by Crippen LogP contribution is 2.36. The smallest absolute Gasteiger partial charge is 0.193 e. The molecule has 3 rings (SSSR count). The normalized spacial score (nSPS) is 33.6. The lowest BCUT2D eigenvalue weighted by Crippen LogP contribution is -2.44. The second kappa shape index (κ2) is 9.55. The van der Waals surface area contributed by atoms with Gasteiger partial charge in [-0.2, -0.15) is 0 Å². The molecule has 3 atom stereocenters.